The van der Waals surface area contributed by atoms with Crippen LogP contribution in [0.5, 0.6) is 0 Å². The van der Waals surface area contributed by atoms with Crippen LogP contribution in [0.25, 0.3) is 11.4 Å². The molecule has 0 radical (unpaired) electrons. The van der Waals surface area contributed by atoms with Gasteiger partial charge in [-0.05, 0) is 0 Å². The molecule has 0 aliphatic heterocycles. The Labute approximate surface area is 145 Å². The van der Waals surface area contributed by atoms with Crippen molar-refractivity contribution in [3.8, 4) is 11.4 Å². The van der Waals surface area contributed by atoms with Crippen LogP contribution in [0.15, 0.2) is 30.9 Å². The molecule has 1 heterocycles. The number of halogens is 6. The second kappa shape index (κ2) is 5.99. The minimum atomic E-state index is -1.80. The number of benzene rings is 1. The van der Waals surface area contributed by atoms with Gasteiger partial charge in [-0.2, -0.15) is 0 Å². The van der Waals surface area contributed by atoms with Gasteiger partial charge in [-0.1, -0.05) is 87.8 Å². The fourth-order valence-corrected chi connectivity index (χ4v) is 2.74. The van der Waals surface area contributed by atoms with E-state index in [1.54, 1.807) is 18.2 Å². The monoisotopic (exact) mass is 389 g/mol. The number of aromatic nitrogens is 3. The maximum absolute atomic E-state index is 6.01. The minimum Gasteiger partial charge on any atom is -0.225 e. The van der Waals surface area contributed by atoms with Crippen LogP contribution in [0.2, 0.25) is 0 Å². The van der Waals surface area contributed by atoms with Crippen LogP contribution in [-0.4, -0.2) is 15.0 Å². The van der Waals surface area contributed by atoms with Crippen LogP contribution in [0.4, 0.5) is 0 Å². The highest BCUT2D eigenvalue weighted by molar-refractivity contribution is 6.69. The summed E-state index contributed by atoms with van der Waals surface area (Å²) in [6.07, 6.45) is 2.65. The molecule has 0 saturated heterocycles. The predicted molar refractivity (Wildman–Crippen MR) is 83.7 cm³/mol. The number of alkyl halides is 6. The fourth-order valence-electron chi connectivity index (χ4n) is 1.66. The molecule has 1 aromatic carbocycles. The van der Waals surface area contributed by atoms with Crippen LogP contribution in [-0.2, 0) is 7.59 Å². The molecule has 1 aromatic heterocycles. The van der Waals surface area contributed by atoms with Crippen LogP contribution in [0.1, 0.15) is 11.1 Å². The molecule has 0 atom stereocenters. The summed E-state index contributed by atoms with van der Waals surface area (Å²) in [6, 6.07) is 4.90. The summed E-state index contributed by atoms with van der Waals surface area (Å²) in [5.41, 5.74) is 0.924. The SMILES string of the molecule is ClC(Cl)(Cl)c1cccc(-c2ncncn2)c1C(Cl)(Cl)Cl. The van der Waals surface area contributed by atoms with E-state index in [4.69, 9.17) is 69.6 Å². The smallest absolute Gasteiger partial charge is 0.217 e. The van der Waals surface area contributed by atoms with Gasteiger partial charge in [0, 0.05) is 16.7 Å². The average molecular weight is 392 g/mol. The Morgan fingerprint density at radius 3 is 1.90 bits per heavy atom. The highest BCUT2D eigenvalue weighted by Gasteiger charge is 2.37. The Bertz CT molecular complexity index is 606. The zero-order valence-electron chi connectivity index (χ0n) is 9.50. The molecule has 0 bridgehead atoms. The van der Waals surface area contributed by atoms with Crippen molar-refractivity contribution in [2.24, 2.45) is 0 Å². The largest absolute Gasteiger partial charge is 0.225 e. The molecule has 0 aliphatic rings. The van der Waals surface area contributed by atoms with Gasteiger partial charge in [-0.25, -0.2) is 15.0 Å². The molecule has 2 aromatic rings. The molecule has 0 saturated carbocycles. The van der Waals surface area contributed by atoms with Crippen LogP contribution in [0, 0.1) is 0 Å². The first-order valence-corrected chi connectivity index (χ1v) is 7.38. The summed E-state index contributed by atoms with van der Waals surface area (Å²) in [5, 5.41) is 0. The Hall–Kier alpha value is -0.0300. The molecular formula is C11H5Cl6N3. The molecule has 3 nitrogen and oxygen atoms in total. The van der Waals surface area contributed by atoms with Crippen LogP contribution < -0.4 is 0 Å². The Morgan fingerprint density at radius 1 is 0.800 bits per heavy atom. The van der Waals surface area contributed by atoms with E-state index in [-0.39, 0.29) is 11.1 Å². The van der Waals surface area contributed by atoms with E-state index in [1.807, 2.05) is 0 Å². The molecule has 2 rings (SSSR count). The molecule has 20 heavy (non-hydrogen) atoms. The van der Waals surface area contributed by atoms with Gasteiger partial charge in [0.05, 0.1) is 0 Å². The number of hydrogen-bond donors (Lipinski definition) is 0. The van der Waals surface area contributed by atoms with Gasteiger partial charge < -0.3 is 0 Å². The summed E-state index contributed by atoms with van der Waals surface area (Å²) in [6.45, 7) is 0. The van der Waals surface area contributed by atoms with E-state index in [0.29, 0.717) is 11.4 Å². The van der Waals surface area contributed by atoms with Gasteiger partial charge >= 0.3 is 0 Å². The van der Waals surface area contributed by atoms with Gasteiger partial charge in [-0.3, -0.25) is 0 Å². The molecule has 9 heteroatoms. The highest BCUT2D eigenvalue weighted by Crippen LogP contribution is 2.50. The molecular weight excluding hydrogens is 387 g/mol. The van der Waals surface area contributed by atoms with Crippen molar-refractivity contribution < 1.29 is 0 Å². The van der Waals surface area contributed by atoms with Gasteiger partial charge in [0.2, 0.25) is 7.59 Å². The normalized spacial score (nSPS) is 12.5. The fraction of sp³-hybridized carbons (Fsp3) is 0.182. The summed E-state index contributed by atoms with van der Waals surface area (Å²) < 4.78 is -3.55. The van der Waals surface area contributed by atoms with Crippen LogP contribution >= 0.6 is 69.6 Å². The van der Waals surface area contributed by atoms with Crippen molar-refractivity contribution >= 4 is 69.6 Å². The van der Waals surface area contributed by atoms with E-state index in [9.17, 15) is 0 Å². The van der Waals surface area contributed by atoms with Gasteiger partial charge in [0.15, 0.2) is 5.82 Å². The molecule has 0 unspecified atom stereocenters. The molecule has 106 valence electrons. The van der Waals surface area contributed by atoms with Crippen molar-refractivity contribution in [3.63, 3.8) is 0 Å². The Kier molecular flexibility index (Phi) is 4.90. The van der Waals surface area contributed by atoms with Crippen molar-refractivity contribution in [1.29, 1.82) is 0 Å². The zero-order valence-corrected chi connectivity index (χ0v) is 14.0. The lowest BCUT2D eigenvalue weighted by Gasteiger charge is -2.23. The first-order valence-electron chi connectivity index (χ1n) is 5.11. The zero-order chi connectivity index (χ0) is 15.0. The second-order valence-corrected chi connectivity index (χ2v) is 8.25. The lowest BCUT2D eigenvalue weighted by atomic mass is 10.0. The van der Waals surface area contributed by atoms with Crippen LogP contribution in [0.3, 0.4) is 0 Å². The predicted octanol–water partition coefficient (Wildman–Crippen LogP) is 5.19. The topological polar surface area (TPSA) is 38.7 Å². The van der Waals surface area contributed by atoms with E-state index in [1.165, 1.54) is 12.7 Å². The second-order valence-electron chi connectivity index (χ2n) is 3.69. The van der Waals surface area contributed by atoms with Gasteiger partial charge in [0.25, 0.3) is 0 Å². The van der Waals surface area contributed by atoms with E-state index >= 15 is 0 Å². The number of hydrogen-bond acceptors (Lipinski definition) is 3. The number of nitrogens with zero attached hydrogens (tertiary/aromatic N) is 3. The average Bonchev–Trinajstić information content (AvgIpc) is 2.37. The molecule has 0 N–H and O–H groups in total. The van der Waals surface area contributed by atoms with Gasteiger partial charge in [0.1, 0.15) is 12.7 Å². The molecule has 0 spiro atoms. The summed E-state index contributed by atoms with van der Waals surface area (Å²) in [5.74, 6) is 0.317. The molecule has 0 aliphatic carbocycles. The van der Waals surface area contributed by atoms with E-state index < -0.39 is 7.59 Å². The highest BCUT2D eigenvalue weighted by atomic mass is 35.6. The number of rotatable bonds is 1. The van der Waals surface area contributed by atoms with E-state index in [2.05, 4.69) is 15.0 Å². The van der Waals surface area contributed by atoms with Gasteiger partial charge in [-0.15, -0.1) is 0 Å². The molecule has 0 amide bonds. The van der Waals surface area contributed by atoms with Crippen molar-refractivity contribution in [3.05, 3.63) is 42.0 Å². The lowest BCUT2D eigenvalue weighted by molar-refractivity contribution is 1.04. The lowest BCUT2D eigenvalue weighted by Crippen LogP contribution is -2.14. The standard InChI is InChI=1S/C11H5Cl6N3/c12-10(13,14)7-3-1-2-6(8(7)11(15,16)17)9-19-4-18-5-20-9/h1-5H. The van der Waals surface area contributed by atoms with Crippen molar-refractivity contribution in [2.75, 3.05) is 0 Å². The van der Waals surface area contributed by atoms with Crippen molar-refractivity contribution in [1.82, 2.24) is 15.0 Å². The van der Waals surface area contributed by atoms with E-state index in [0.717, 1.165) is 0 Å². The third kappa shape index (κ3) is 3.59. The Balaban J connectivity index is 2.77. The summed E-state index contributed by atoms with van der Waals surface area (Å²) in [7, 11) is 0. The van der Waals surface area contributed by atoms with Crippen molar-refractivity contribution in [2.45, 2.75) is 7.59 Å². The Morgan fingerprint density at radius 2 is 1.40 bits per heavy atom. The minimum absolute atomic E-state index is 0.219. The maximum Gasteiger partial charge on any atom is 0.217 e. The maximum atomic E-state index is 6.01. The third-order valence-corrected chi connectivity index (χ3v) is 3.57. The summed E-state index contributed by atoms with van der Waals surface area (Å²) >= 11 is 35.8. The third-order valence-electron chi connectivity index (χ3n) is 2.39. The molecule has 0 fully saturated rings. The summed E-state index contributed by atoms with van der Waals surface area (Å²) in [4.78, 5) is 11.8. The first kappa shape index (κ1) is 16.3. The quantitative estimate of drug-likeness (QED) is 0.628. The first-order chi connectivity index (χ1) is 9.21.